The second kappa shape index (κ2) is 13.6. The molecule has 6 nitrogen and oxygen atoms in total. The van der Waals surface area contributed by atoms with Gasteiger partial charge in [0.1, 0.15) is 0 Å². The quantitative estimate of drug-likeness (QED) is 0.105. The molecule has 7 rings (SSSR count). The summed E-state index contributed by atoms with van der Waals surface area (Å²) in [6, 6.07) is 37.5. The number of hydrogen-bond donors (Lipinski definition) is 0. The second-order valence-electron chi connectivity index (χ2n) is 11.5. The van der Waals surface area contributed by atoms with Gasteiger partial charge in [0.15, 0.2) is 0 Å². The van der Waals surface area contributed by atoms with E-state index in [1.807, 2.05) is 97.1 Å². The van der Waals surface area contributed by atoms with Crippen molar-refractivity contribution in [2.75, 3.05) is 0 Å². The van der Waals surface area contributed by atoms with E-state index in [4.69, 9.17) is 13.1 Å². The Kier molecular flexibility index (Phi) is 8.74. The van der Waals surface area contributed by atoms with E-state index < -0.39 is 0 Å². The van der Waals surface area contributed by atoms with Crippen LogP contribution < -0.4 is 0 Å². The number of benzene rings is 5. The first-order valence-electron chi connectivity index (χ1n) is 15.4. The van der Waals surface area contributed by atoms with Crippen molar-refractivity contribution in [3.05, 3.63) is 199 Å². The largest absolute Gasteiger partial charge is 0.281 e. The van der Waals surface area contributed by atoms with Crippen LogP contribution in [0.15, 0.2) is 130 Å². The van der Waals surface area contributed by atoms with Gasteiger partial charge in [0.2, 0.25) is 10.2 Å². The van der Waals surface area contributed by atoms with Crippen LogP contribution in [0.1, 0.15) is 65.2 Å². The third kappa shape index (κ3) is 5.70. The molecule has 0 aliphatic heterocycles. The fourth-order valence-corrected chi connectivity index (χ4v) is 8.39. The number of nitrogens with zero attached hydrogens (tertiary/aromatic N) is 4. The molecule has 0 saturated carbocycles. The average Bonchev–Trinajstić information content (AvgIpc) is 3.14. The van der Waals surface area contributed by atoms with Gasteiger partial charge in [-0.25, -0.2) is 20.2 Å². The molecule has 0 amide bonds. The van der Waals surface area contributed by atoms with Gasteiger partial charge < -0.3 is 0 Å². The van der Waals surface area contributed by atoms with E-state index >= 15 is 0 Å². The minimum absolute atomic E-state index is 0.0157. The molecule has 0 unspecified atom stereocenters. The normalized spacial score (nSPS) is 14.2. The monoisotopic (exact) mass is 678 g/mol. The van der Waals surface area contributed by atoms with Crippen LogP contribution in [0.25, 0.3) is 20.8 Å². The fraction of sp³-hybridized carbons (Fsp3) is 0.0476. The van der Waals surface area contributed by atoms with E-state index in [1.165, 1.54) is 0 Å². The van der Waals surface area contributed by atoms with Gasteiger partial charge in [-0.2, -0.15) is 0 Å². The van der Waals surface area contributed by atoms with Gasteiger partial charge in [-0.05, 0) is 99.1 Å². The zero-order valence-electron chi connectivity index (χ0n) is 26.2. The lowest BCUT2D eigenvalue weighted by molar-refractivity contribution is 0.108. The molecule has 0 heterocycles. The van der Waals surface area contributed by atoms with Crippen LogP contribution in [0.2, 0.25) is 0 Å². The first-order valence-corrected chi connectivity index (χ1v) is 17.1. The number of carbonyl (C=O) groups excluding carboxylic acids is 2. The summed E-state index contributed by atoms with van der Waals surface area (Å²) in [5, 5.41) is 19.2. The van der Waals surface area contributed by atoms with Crippen LogP contribution in [-0.2, 0) is 12.8 Å². The van der Waals surface area contributed by atoms with Crippen molar-refractivity contribution >= 4 is 44.9 Å². The van der Waals surface area contributed by atoms with Crippen molar-refractivity contribution in [2.24, 2.45) is 0 Å². The van der Waals surface area contributed by atoms with E-state index in [0.717, 1.165) is 56.9 Å². The van der Waals surface area contributed by atoms with Crippen molar-refractivity contribution in [3.63, 3.8) is 0 Å². The summed E-state index contributed by atoms with van der Waals surface area (Å²) >= 11 is 2.13. The van der Waals surface area contributed by atoms with Crippen LogP contribution in [0.3, 0.4) is 0 Å². The van der Waals surface area contributed by atoms with Gasteiger partial charge in [-0.3, -0.25) is 9.59 Å². The molecule has 2 aliphatic carbocycles. The maximum atomic E-state index is 13.9. The molecule has 8 heteroatoms. The summed E-state index contributed by atoms with van der Waals surface area (Å²) in [7, 11) is 0. The third-order valence-electron chi connectivity index (χ3n) is 8.77. The SMILES string of the molecule is [C-]#[N+]C(C#N)=C1c2ccccc2Cc2c(C(=O)Sc3cccc(SC(=O)c4cccc5c4Cc4ccccc4C5=C(C#N)[N+]#[C-])c3)cccc21. The summed E-state index contributed by atoms with van der Waals surface area (Å²) in [5.74, 6) is 0. The highest BCUT2D eigenvalue weighted by molar-refractivity contribution is 8.14. The molecule has 0 bridgehead atoms. The summed E-state index contributed by atoms with van der Waals surface area (Å²) in [6.07, 6.45) is 0.986. The maximum Gasteiger partial charge on any atom is 0.270 e. The van der Waals surface area contributed by atoms with Gasteiger partial charge in [0.25, 0.3) is 11.4 Å². The highest BCUT2D eigenvalue weighted by atomic mass is 32.2. The number of carbonyl (C=O) groups is 2. The van der Waals surface area contributed by atoms with Crippen LogP contribution in [-0.4, -0.2) is 10.2 Å². The lowest BCUT2D eigenvalue weighted by atomic mass is 9.79. The number of allylic oxidation sites excluding steroid dienone is 2. The smallest absolute Gasteiger partial charge is 0.270 e. The Hall–Kier alpha value is -6.42. The summed E-state index contributed by atoms with van der Waals surface area (Å²) < 4.78 is 0. The lowest BCUT2D eigenvalue weighted by Crippen LogP contribution is -2.12. The van der Waals surface area contributed by atoms with E-state index in [1.54, 1.807) is 24.3 Å². The number of fused-ring (bicyclic) bond motifs is 4. The molecule has 0 spiro atoms. The summed E-state index contributed by atoms with van der Waals surface area (Å²) in [6.45, 7) is 15.3. The van der Waals surface area contributed by atoms with E-state index in [0.29, 0.717) is 56.0 Å². The number of nitriles is 2. The predicted octanol–water partition coefficient (Wildman–Crippen LogP) is 9.76. The first-order chi connectivity index (χ1) is 24.4. The lowest BCUT2D eigenvalue weighted by Gasteiger charge is -2.25. The highest BCUT2D eigenvalue weighted by Crippen LogP contribution is 2.42. The van der Waals surface area contributed by atoms with E-state index in [9.17, 15) is 20.1 Å². The topological polar surface area (TPSA) is 90.4 Å². The summed E-state index contributed by atoms with van der Waals surface area (Å²) in [4.78, 5) is 36.1. The number of hydrogen-bond acceptors (Lipinski definition) is 6. The molecule has 0 radical (unpaired) electrons. The highest BCUT2D eigenvalue weighted by Gasteiger charge is 2.29. The second-order valence-corrected chi connectivity index (χ2v) is 13.6. The number of thioether (sulfide) groups is 2. The van der Waals surface area contributed by atoms with Crippen molar-refractivity contribution in [2.45, 2.75) is 22.6 Å². The molecule has 0 aromatic heterocycles. The summed E-state index contributed by atoms with van der Waals surface area (Å²) in [5.41, 5.74) is 8.59. The van der Waals surface area contributed by atoms with Crippen molar-refractivity contribution in [3.8, 4) is 12.1 Å². The molecular weight excluding hydrogens is 657 g/mol. The van der Waals surface area contributed by atoms with Crippen molar-refractivity contribution < 1.29 is 9.59 Å². The molecule has 5 aromatic carbocycles. The standard InChI is InChI=1S/C42H22N4O2S2/c1-45-37(23-43)39-29-14-5-3-10-25(29)20-35-31(39)16-8-18-33(35)41(47)49-27-12-7-13-28(22-27)50-42(48)34-19-9-17-32-36(34)21-26-11-4-6-15-30(26)40(32)38(24-44)46-2/h3-19,22H,20-21H2. The number of rotatable bonds is 4. The van der Waals surface area contributed by atoms with Crippen LogP contribution in [0, 0.1) is 35.8 Å². The van der Waals surface area contributed by atoms with Crippen molar-refractivity contribution in [1.29, 1.82) is 10.5 Å². The molecule has 234 valence electrons. The van der Waals surface area contributed by atoms with Crippen LogP contribution in [0.5, 0.6) is 0 Å². The van der Waals surface area contributed by atoms with Crippen LogP contribution in [0.4, 0.5) is 0 Å². The van der Waals surface area contributed by atoms with E-state index in [2.05, 4.69) is 9.69 Å². The minimum atomic E-state index is -0.182. The molecule has 0 saturated heterocycles. The third-order valence-corrected chi connectivity index (χ3v) is 10.6. The Morgan fingerprint density at radius 3 is 1.38 bits per heavy atom. The Morgan fingerprint density at radius 1 is 0.560 bits per heavy atom. The van der Waals surface area contributed by atoms with Gasteiger partial charge in [0, 0.05) is 32.1 Å². The molecule has 5 aromatic rings. The van der Waals surface area contributed by atoms with E-state index in [-0.39, 0.29) is 21.6 Å². The Balaban J connectivity index is 1.18. The fourth-order valence-electron chi connectivity index (χ4n) is 6.62. The molecule has 2 aliphatic rings. The van der Waals surface area contributed by atoms with Gasteiger partial charge in [-0.15, -0.1) is 0 Å². The minimum Gasteiger partial charge on any atom is -0.281 e. The van der Waals surface area contributed by atoms with Gasteiger partial charge in [-0.1, -0.05) is 91.0 Å². The Bertz CT molecular complexity index is 2330. The molecule has 0 N–H and O–H groups in total. The zero-order chi connectivity index (χ0) is 34.8. The van der Waals surface area contributed by atoms with Crippen molar-refractivity contribution in [1.82, 2.24) is 0 Å². The maximum absolute atomic E-state index is 13.9. The molecule has 0 atom stereocenters. The van der Waals surface area contributed by atoms with Gasteiger partial charge in [0.05, 0.1) is 25.3 Å². The van der Waals surface area contributed by atoms with Gasteiger partial charge >= 0.3 is 0 Å². The Morgan fingerprint density at radius 2 is 0.960 bits per heavy atom. The van der Waals surface area contributed by atoms with Crippen LogP contribution >= 0.6 is 23.5 Å². The Labute approximate surface area is 297 Å². The first kappa shape index (κ1) is 32.1. The zero-order valence-corrected chi connectivity index (χ0v) is 27.9. The molecule has 0 fully saturated rings. The molecule has 50 heavy (non-hydrogen) atoms. The molecular formula is C42H22N4O2S2. The predicted molar refractivity (Wildman–Crippen MR) is 195 cm³/mol. The average molecular weight is 679 g/mol.